The molecule has 0 saturated heterocycles. The van der Waals surface area contributed by atoms with Gasteiger partial charge in [0.05, 0.1) is 12.4 Å². The topological polar surface area (TPSA) is 101 Å². The third kappa shape index (κ3) is 8.69. The van der Waals surface area contributed by atoms with Gasteiger partial charge >= 0.3 is 11.8 Å². The summed E-state index contributed by atoms with van der Waals surface area (Å²) < 4.78 is 11.5. The number of nitrogens with one attached hydrogen (secondary N) is 2. The first kappa shape index (κ1) is 28.4. The molecule has 202 valence electrons. The van der Waals surface area contributed by atoms with Crippen LogP contribution < -0.4 is 20.3 Å². The summed E-state index contributed by atoms with van der Waals surface area (Å²) in [6, 6.07) is 29.0. The summed E-state index contributed by atoms with van der Waals surface area (Å²) in [5, 5.41) is 8.88. The molecular formula is C30H24Cl2N4O4. The van der Waals surface area contributed by atoms with Crippen LogP contribution in [0.15, 0.2) is 107 Å². The van der Waals surface area contributed by atoms with Crippen LogP contribution in [0.2, 0.25) is 10.0 Å². The lowest BCUT2D eigenvalue weighted by Gasteiger charge is -2.07. The average Bonchev–Trinajstić information content (AvgIpc) is 2.97. The summed E-state index contributed by atoms with van der Waals surface area (Å²) in [6.45, 7) is 0.677. The third-order valence-corrected chi connectivity index (χ3v) is 6.17. The first-order valence-electron chi connectivity index (χ1n) is 12.1. The molecular weight excluding hydrogens is 551 g/mol. The van der Waals surface area contributed by atoms with Gasteiger partial charge < -0.3 is 9.47 Å². The maximum atomic E-state index is 12.0. The number of hydrazone groups is 2. The zero-order valence-corrected chi connectivity index (χ0v) is 22.6. The molecule has 0 atom stereocenters. The van der Waals surface area contributed by atoms with Gasteiger partial charge in [0, 0.05) is 21.2 Å². The van der Waals surface area contributed by atoms with Crippen molar-refractivity contribution in [3.05, 3.63) is 129 Å². The van der Waals surface area contributed by atoms with Crippen molar-refractivity contribution in [2.75, 3.05) is 0 Å². The van der Waals surface area contributed by atoms with Gasteiger partial charge in [0.15, 0.2) is 0 Å². The predicted octanol–water partition coefficient (Wildman–Crippen LogP) is 5.75. The van der Waals surface area contributed by atoms with Crippen molar-refractivity contribution in [1.29, 1.82) is 0 Å². The van der Waals surface area contributed by atoms with Crippen LogP contribution in [-0.4, -0.2) is 24.2 Å². The van der Waals surface area contributed by atoms with Crippen molar-refractivity contribution in [2.45, 2.75) is 13.2 Å². The summed E-state index contributed by atoms with van der Waals surface area (Å²) in [4.78, 5) is 23.9. The highest BCUT2D eigenvalue weighted by atomic mass is 35.5. The van der Waals surface area contributed by atoms with Gasteiger partial charge in [0.1, 0.15) is 24.7 Å². The summed E-state index contributed by atoms with van der Waals surface area (Å²) in [7, 11) is 0. The van der Waals surface area contributed by atoms with Gasteiger partial charge in [0.2, 0.25) is 0 Å². The third-order valence-electron chi connectivity index (χ3n) is 5.43. The minimum absolute atomic E-state index is 0.338. The van der Waals surface area contributed by atoms with Crippen molar-refractivity contribution in [1.82, 2.24) is 10.9 Å². The molecule has 0 aliphatic rings. The Hall–Kier alpha value is -4.66. The van der Waals surface area contributed by atoms with Gasteiger partial charge in [-0.2, -0.15) is 10.2 Å². The number of rotatable bonds is 10. The molecule has 2 N–H and O–H groups in total. The number of hydrogen-bond donors (Lipinski definition) is 2. The fourth-order valence-corrected chi connectivity index (χ4v) is 3.67. The second-order valence-electron chi connectivity index (χ2n) is 8.30. The van der Waals surface area contributed by atoms with E-state index in [1.165, 1.54) is 12.4 Å². The van der Waals surface area contributed by atoms with Crippen molar-refractivity contribution in [2.24, 2.45) is 10.2 Å². The Morgan fingerprint density at radius 2 is 0.975 bits per heavy atom. The standard InChI is InChI=1S/C30H24Cl2N4O4/c31-27-7-3-1-5-23(27)19-39-25-13-9-21(10-14-25)17-33-35-29(37)30(38)36-34-18-22-11-15-26(16-12-22)40-20-24-6-2-4-8-28(24)32/h1-18H,19-20H2,(H,35,37)(H,36,38)/b33-17-,34-18-. The van der Waals surface area contributed by atoms with Crippen molar-refractivity contribution in [3.8, 4) is 11.5 Å². The number of nitrogens with zero attached hydrogens (tertiary/aromatic N) is 2. The first-order chi connectivity index (χ1) is 19.5. The molecule has 0 aliphatic carbocycles. The minimum atomic E-state index is -0.962. The Bertz CT molecular complexity index is 1390. The highest BCUT2D eigenvalue weighted by Gasteiger charge is 2.11. The number of carbonyl (C=O) groups is 2. The van der Waals surface area contributed by atoms with E-state index >= 15 is 0 Å². The summed E-state index contributed by atoms with van der Waals surface area (Å²) in [6.07, 6.45) is 2.81. The molecule has 4 aromatic rings. The number of ether oxygens (including phenoxy) is 2. The van der Waals surface area contributed by atoms with Crippen LogP contribution in [0.3, 0.4) is 0 Å². The van der Waals surface area contributed by atoms with E-state index in [0.29, 0.717) is 45.9 Å². The van der Waals surface area contributed by atoms with E-state index in [1.54, 1.807) is 60.7 Å². The minimum Gasteiger partial charge on any atom is -0.489 e. The molecule has 0 aliphatic heterocycles. The van der Waals surface area contributed by atoms with Crippen LogP contribution in [0, 0.1) is 0 Å². The van der Waals surface area contributed by atoms with E-state index < -0.39 is 11.8 Å². The predicted molar refractivity (Wildman–Crippen MR) is 156 cm³/mol. The molecule has 0 fully saturated rings. The second kappa shape index (κ2) is 14.5. The van der Waals surface area contributed by atoms with E-state index in [0.717, 1.165) is 11.1 Å². The van der Waals surface area contributed by atoms with Crippen molar-refractivity contribution >= 4 is 47.4 Å². The molecule has 4 aromatic carbocycles. The van der Waals surface area contributed by atoms with E-state index in [1.807, 2.05) is 36.4 Å². The van der Waals surface area contributed by atoms with Gasteiger partial charge in [-0.05, 0) is 71.8 Å². The van der Waals surface area contributed by atoms with Crippen LogP contribution in [0.5, 0.6) is 11.5 Å². The number of hydrogen-bond acceptors (Lipinski definition) is 6. The average molecular weight is 575 g/mol. The fourth-order valence-electron chi connectivity index (χ4n) is 3.29. The maximum absolute atomic E-state index is 12.0. The van der Waals surface area contributed by atoms with Gasteiger partial charge in [-0.25, -0.2) is 10.9 Å². The molecule has 10 heteroatoms. The highest BCUT2D eigenvalue weighted by Crippen LogP contribution is 2.20. The molecule has 4 rings (SSSR count). The lowest BCUT2D eigenvalue weighted by molar-refractivity contribution is -0.139. The van der Waals surface area contributed by atoms with Gasteiger partial charge in [-0.1, -0.05) is 59.6 Å². The van der Waals surface area contributed by atoms with Crippen molar-refractivity contribution < 1.29 is 19.1 Å². The van der Waals surface area contributed by atoms with E-state index in [9.17, 15) is 9.59 Å². The highest BCUT2D eigenvalue weighted by molar-refractivity contribution is 6.35. The quantitative estimate of drug-likeness (QED) is 0.143. The Kier molecular flexibility index (Phi) is 10.3. The number of halogens is 2. The van der Waals surface area contributed by atoms with Gasteiger partial charge in [-0.15, -0.1) is 0 Å². The Morgan fingerprint density at radius 3 is 1.35 bits per heavy atom. The van der Waals surface area contributed by atoms with Crippen molar-refractivity contribution in [3.63, 3.8) is 0 Å². The number of carbonyl (C=O) groups excluding carboxylic acids is 2. The summed E-state index contributed by atoms with van der Waals surface area (Å²) >= 11 is 12.3. The van der Waals surface area contributed by atoms with Crippen LogP contribution in [-0.2, 0) is 22.8 Å². The van der Waals surface area contributed by atoms with E-state index in [-0.39, 0.29) is 0 Å². The zero-order chi connectivity index (χ0) is 28.2. The molecule has 0 bridgehead atoms. The molecule has 8 nitrogen and oxygen atoms in total. The second-order valence-corrected chi connectivity index (χ2v) is 9.11. The van der Waals surface area contributed by atoms with Crippen LogP contribution >= 0.6 is 23.2 Å². The summed E-state index contributed by atoms with van der Waals surface area (Å²) in [5.74, 6) is -0.622. The Balaban J connectivity index is 1.17. The van der Waals surface area contributed by atoms with Crippen LogP contribution in [0.25, 0.3) is 0 Å². The fraction of sp³-hybridized carbons (Fsp3) is 0.0667. The molecule has 0 spiro atoms. The first-order valence-corrected chi connectivity index (χ1v) is 12.8. The Labute approximate surface area is 241 Å². The molecule has 0 radical (unpaired) electrons. The summed E-state index contributed by atoms with van der Waals surface area (Å²) in [5.41, 5.74) is 7.48. The van der Waals surface area contributed by atoms with Crippen LogP contribution in [0.4, 0.5) is 0 Å². The van der Waals surface area contributed by atoms with Gasteiger partial charge in [0.25, 0.3) is 0 Å². The normalized spacial score (nSPS) is 10.9. The molecule has 0 unspecified atom stereocenters. The molecule has 0 saturated carbocycles. The van der Waals surface area contributed by atoms with Crippen LogP contribution in [0.1, 0.15) is 22.3 Å². The monoisotopic (exact) mass is 574 g/mol. The number of benzene rings is 4. The van der Waals surface area contributed by atoms with E-state index in [2.05, 4.69) is 21.1 Å². The molecule has 40 heavy (non-hydrogen) atoms. The zero-order valence-electron chi connectivity index (χ0n) is 21.1. The largest absolute Gasteiger partial charge is 0.489 e. The molecule has 0 aromatic heterocycles. The van der Waals surface area contributed by atoms with E-state index in [4.69, 9.17) is 32.7 Å². The smallest absolute Gasteiger partial charge is 0.331 e. The number of amides is 2. The molecule has 2 amide bonds. The maximum Gasteiger partial charge on any atom is 0.331 e. The SMILES string of the molecule is O=C(N/N=C\c1ccc(OCc2ccccc2Cl)cc1)C(=O)N/N=C\c1ccc(OCc2ccccc2Cl)cc1. The Morgan fingerprint density at radius 1 is 0.600 bits per heavy atom. The lowest BCUT2D eigenvalue weighted by Crippen LogP contribution is -2.35. The lowest BCUT2D eigenvalue weighted by atomic mass is 10.2. The van der Waals surface area contributed by atoms with Gasteiger partial charge in [-0.3, -0.25) is 9.59 Å². The molecule has 0 heterocycles.